The van der Waals surface area contributed by atoms with Gasteiger partial charge in [0.25, 0.3) is 0 Å². The van der Waals surface area contributed by atoms with Gasteiger partial charge in [0.1, 0.15) is 0 Å². The van der Waals surface area contributed by atoms with Crippen molar-refractivity contribution < 1.29 is 4.79 Å². The Bertz CT molecular complexity index is 672. The number of nitrogens with one attached hydrogen (secondary N) is 3. The molecule has 0 fully saturated rings. The molecule has 2 rings (SSSR count). The molecular formula is C19H25IN4O. The number of carbonyl (C=O) groups excluding carboxylic acids is 1. The quantitative estimate of drug-likeness (QED) is 0.359. The van der Waals surface area contributed by atoms with Gasteiger partial charge in [0.2, 0.25) is 5.91 Å². The second kappa shape index (κ2) is 11.5. The van der Waals surface area contributed by atoms with Crippen LogP contribution in [0.4, 0.5) is 5.69 Å². The van der Waals surface area contributed by atoms with Gasteiger partial charge in [-0.25, -0.2) is 0 Å². The summed E-state index contributed by atoms with van der Waals surface area (Å²) in [5, 5.41) is 9.36. The third kappa shape index (κ3) is 8.02. The first-order valence-corrected chi connectivity index (χ1v) is 8.02. The highest BCUT2D eigenvalue weighted by Crippen LogP contribution is 2.09. The summed E-state index contributed by atoms with van der Waals surface area (Å²) in [6, 6.07) is 18.1. The molecule has 25 heavy (non-hydrogen) atoms. The van der Waals surface area contributed by atoms with Crippen molar-refractivity contribution in [3.8, 4) is 0 Å². The molecule has 134 valence electrons. The monoisotopic (exact) mass is 452 g/mol. The average molecular weight is 452 g/mol. The van der Waals surface area contributed by atoms with Gasteiger partial charge in [-0.15, -0.1) is 24.0 Å². The van der Waals surface area contributed by atoms with Gasteiger partial charge < -0.3 is 16.0 Å². The molecular weight excluding hydrogens is 427 g/mol. The van der Waals surface area contributed by atoms with Gasteiger partial charge in [-0.1, -0.05) is 42.5 Å². The third-order valence-corrected chi connectivity index (χ3v) is 3.51. The van der Waals surface area contributed by atoms with Crippen molar-refractivity contribution >= 4 is 41.5 Å². The van der Waals surface area contributed by atoms with Gasteiger partial charge in [-0.3, -0.25) is 9.79 Å². The van der Waals surface area contributed by atoms with Crippen molar-refractivity contribution in [2.24, 2.45) is 4.99 Å². The molecule has 0 spiro atoms. The third-order valence-electron chi connectivity index (χ3n) is 3.51. The first-order chi connectivity index (χ1) is 11.7. The van der Waals surface area contributed by atoms with Crippen LogP contribution in [0.3, 0.4) is 0 Å². The lowest BCUT2D eigenvalue weighted by atomic mass is 10.1. The Kier molecular flexibility index (Phi) is 9.61. The molecule has 0 bridgehead atoms. The summed E-state index contributed by atoms with van der Waals surface area (Å²) in [6.07, 6.45) is 0.881. The number of amides is 1. The number of nitrogens with zero attached hydrogens (tertiary/aromatic N) is 1. The number of hydrogen-bond acceptors (Lipinski definition) is 2. The Morgan fingerprint density at radius 3 is 2.24 bits per heavy atom. The molecule has 0 atom stereocenters. The number of benzene rings is 2. The minimum atomic E-state index is -0.0577. The fraction of sp³-hybridized carbons (Fsp3) is 0.263. The van der Waals surface area contributed by atoms with Gasteiger partial charge >= 0.3 is 0 Å². The average Bonchev–Trinajstić information content (AvgIpc) is 2.60. The highest BCUT2D eigenvalue weighted by molar-refractivity contribution is 14.0. The smallest absolute Gasteiger partial charge is 0.221 e. The van der Waals surface area contributed by atoms with Crippen LogP contribution in [0.25, 0.3) is 0 Å². The molecule has 0 aliphatic rings. The largest absolute Gasteiger partial charge is 0.356 e. The Labute approximate surface area is 166 Å². The van der Waals surface area contributed by atoms with E-state index >= 15 is 0 Å². The summed E-state index contributed by atoms with van der Waals surface area (Å²) in [5.41, 5.74) is 3.24. The first kappa shape index (κ1) is 21.0. The van der Waals surface area contributed by atoms with E-state index in [1.807, 2.05) is 42.5 Å². The van der Waals surface area contributed by atoms with Crippen LogP contribution in [0.5, 0.6) is 0 Å². The molecule has 0 saturated heterocycles. The summed E-state index contributed by atoms with van der Waals surface area (Å²) in [5.74, 6) is 0.728. The van der Waals surface area contributed by atoms with Crippen LogP contribution >= 0.6 is 24.0 Å². The molecule has 1 amide bonds. The van der Waals surface area contributed by atoms with Crippen LogP contribution in [-0.4, -0.2) is 25.5 Å². The van der Waals surface area contributed by atoms with E-state index in [9.17, 15) is 4.79 Å². The molecule has 0 aliphatic carbocycles. The molecule has 6 heteroatoms. The molecule has 0 aromatic heterocycles. The number of rotatable bonds is 6. The Morgan fingerprint density at radius 2 is 1.64 bits per heavy atom. The van der Waals surface area contributed by atoms with E-state index in [1.54, 1.807) is 7.05 Å². The van der Waals surface area contributed by atoms with Gasteiger partial charge in [0, 0.05) is 32.7 Å². The SMILES string of the molecule is CN=C(NCCc1ccc(NC(C)=O)cc1)NCc1ccccc1.I. The highest BCUT2D eigenvalue weighted by Gasteiger charge is 2.00. The maximum absolute atomic E-state index is 11.0. The number of carbonyl (C=O) groups is 1. The lowest BCUT2D eigenvalue weighted by molar-refractivity contribution is -0.114. The van der Waals surface area contributed by atoms with Crippen molar-refractivity contribution in [3.63, 3.8) is 0 Å². The molecule has 2 aromatic rings. The Hall–Kier alpha value is -2.09. The highest BCUT2D eigenvalue weighted by atomic mass is 127. The second-order valence-electron chi connectivity index (χ2n) is 5.47. The molecule has 0 unspecified atom stereocenters. The normalized spacial score (nSPS) is 10.6. The zero-order chi connectivity index (χ0) is 17.2. The maximum Gasteiger partial charge on any atom is 0.221 e. The minimum absolute atomic E-state index is 0. The molecule has 0 heterocycles. The lowest BCUT2D eigenvalue weighted by Gasteiger charge is -2.12. The van der Waals surface area contributed by atoms with Gasteiger partial charge in [-0.2, -0.15) is 0 Å². The topological polar surface area (TPSA) is 65.5 Å². The minimum Gasteiger partial charge on any atom is -0.356 e. The van der Waals surface area contributed by atoms with Crippen LogP contribution in [-0.2, 0) is 17.8 Å². The molecule has 0 aliphatic heterocycles. The first-order valence-electron chi connectivity index (χ1n) is 8.02. The van der Waals surface area contributed by atoms with Gasteiger partial charge in [0.15, 0.2) is 5.96 Å². The van der Waals surface area contributed by atoms with Crippen molar-refractivity contribution in [2.45, 2.75) is 19.9 Å². The number of guanidine groups is 1. The lowest BCUT2D eigenvalue weighted by Crippen LogP contribution is -2.37. The fourth-order valence-electron chi connectivity index (χ4n) is 2.29. The van der Waals surface area contributed by atoms with E-state index in [4.69, 9.17) is 0 Å². The van der Waals surface area contributed by atoms with Crippen LogP contribution in [0.2, 0.25) is 0 Å². The summed E-state index contributed by atoms with van der Waals surface area (Å²) in [7, 11) is 1.77. The van der Waals surface area contributed by atoms with E-state index in [-0.39, 0.29) is 29.9 Å². The van der Waals surface area contributed by atoms with Crippen molar-refractivity contribution in [2.75, 3.05) is 18.9 Å². The summed E-state index contributed by atoms with van der Waals surface area (Å²) >= 11 is 0. The zero-order valence-corrected chi connectivity index (χ0v) is 16.9. The standard InChI is InChI=1S/C19H24N4O.HI/c1-15(24)23-18-10-8-16(9-11-18)12-13-21-19(20-2)22-14-17-6-4-3-5-7-17;/h3-11H,12-14H2,1-2H3,(H,23,24)(H2,20,21,22);1H. The van der Waals surface area contributed by atoms with Crippen LogP contribution in [0.1, 0.15) is 18.1 Å². The van der Waals surface area contributed by atoms with Gasteiger partial charge in [0.05, 0.1) is 0 Å². The van der Waals surface area contributed by atoms with E-state index in [0.717, 1.165) is 31.2 Å². The molecule has 2 aromatic carbocycles. The van der Waals surface area contributed by atoms with E-state index in [0.29, 0.717) is 0 Å². The number of aliphatic imine (C=N–C) groups is 1. The maximum atomic E-state index is 11.0. The molecule has 0 saturated carbocycles. The molecule has 3 N–H and O–H groups in total. The molecule has 5 nitrogen and oxygen atoms in total. The number of halogens is 1. The second-order valence-corrected chi connectivity index (χ2v) is 5.47. The predicted molar refractivity (Wildman–Crippen MR) is 115 cm³/mol. The summed E-state index contributed by atoms with van der Waals surface area (Å²) < 4.78 is 0. The Balaban J connectivity index is 0.00000312. The molecule has 0 radical (unpaired) electrons. The number of anilines is 1. The van der Waals surface area contributed by atoms with E-state index in [1.165, 1.54) is 18.1 Å². The van der Waals surface area contributed by atoms with Gasteiger partial charge in [-0.05, 0) is 29.7 Å². The van der Waals surface area contributed by atoms with Crippen LogP contribution in [0, 0.1) is 0 Å². The predicted octanol–water partition coefficient (Wildman–Crippen LogP) is 3.17. The van der Waals surface area contributed by atoms with Crippen molar-refractivity contribution in [3.05, 3.63) is 65.7 Å². The Morgan fingerprint density at radius 1 is 0.960 bits per heavy atom. The van der Waals surface area contributed by atoms with Crippen molar-refractivity contribution in [1.82, 2.24) is 10.6 Å². The van der Waals surface area contributed by atoms with E-state index < -0.39 is 0 Å². The fourth-order valence-corrected chi connectivity index (χ4v) is 2.29. The number of hydrogen-bond donors (Lipinski definition) is 3. The summed E-state index contributed by atoms with van der Waals surface area (Å²) in [6.45, 7) is 3.03. The van der Waals surface area contributed by atoms with E-state index in [2.05, 4.69) is 33.1 Å². The summed E-state index contributed by atoms with van der Waals surface area (Å²) in [4.78, 5) is 15.2. The van der Waals surface area contributed by atoms with Crippen molar-refractivity contribution in [1.29, 1.82) is 0 Å². The van der Waals surface area contributed by atoms with Crippen LogP contribution in [0.15, 0.2) is 59.6 Å². The van der Waals surface area contributed by atoms with Crippen LogP contribution < -0.4 is 16.0 Å². The zero-order valence-electron chi connectivity index (χ0n) is 14.6.